The lowest BCUT2D eigenvalue weighted by Crippen LogP contribution is -2.36. The van der Waals surface area contributed by atoms with Gasteiger partial charge in [-0.1, -0.05) is 0 Å². The van der Waals surface area contributed by atoms with Crippen LogP contribution in [0.1, 0.15) is 36.4 Å². The van der Waals surface area contributed by atoms with Crippen LogP contribution in [-0.4, -0.2) is 28.2 Å². The minimum absolute atomic E-state index is 0.0494. The minimum atomic E-state index is -0.0494. The molecule has 1 fully saturated rings. The van der Waals surface area contributed by atoms with Crippen molar-refractivity contribution in [2.75, 3.05) is 6.54 Å². The van der Waals surface area contributed by atoms with E-state index in [0.29, 0.717) is 31.7 Å². The molecule has 0 atom stereocenters. The molecule has 1 aromatic heterocycles. The molecule has 0 spiro atoms. The number of halogens is 1. The van der Waals surface area contributed by atoms with E-state index in [2.05, 4.69) is 4.98 Å². The van der Waals surface area contributed by atoms with Gasteiger partial charge >= 0.3 is 0 Å². The maximum atomic E-state index is 11.8. The molecule has 18 heavy (non-hydrogen) atoms. The fraction of sp³-hybridized carbons (Fsp3) is 0.583. The van der Waals surface area contributed by atoms with E-state index in [1.807, 2.05) is 5.38 Å². The number of thiazole rings is 1. The fourth-order valence-corrected chi connectivity index (χ4v) is 2.96. The number of carbonyl (C=O) groups is 2. The van der Waals surface area contributed by atoms with Crippen molar-refractivity contribution >= 4 is 34.8 Å². The van der Waals surface area contributed by atoms with Crippen molar-refractivity contribution in [1.82, 2.24) is 9.88 Å². The summed E-state index contributed by atoms with van der Waals surface area (Å²) >= 11 is 7.21. The van der Waals surface area contributed by atoms with Gasteiger partial charge in [-0.25, -0.2) is 4.98 Å². The summed E-state index contributed by atoms with van der Waals surface area (Å²) in [6, 6.07) is 0. The number of rotatable bonds is 4. The molecule has 98 valence electrons. The normalized spacial score (nSPS) is 17.1. The zero-order valence-electron chi connectivity index (χ0n) is 10.0. The number of likely N-dealkylation sites (tertiary alicyclic amines) is 1. The Balaban J connectivity index is 1.95. The number of imide groups is 1. The predicted molar refractivity (Wildman–Crippen MR) is 70.6 cm³/mol. The SMILES string of the molecule is O=C1CCCCC(=O)N1CCc1nc(CCl)cs1. The van der Waals surface area contributed by atoms with Crippen LogP contribution in [0.15, 0.2) is 5.38 Å². The van der Waals surface area contributed by atoms with E-state index < -0.39 is 0 Å². The molecule has 6 heteroatoms. The standard InChI is InChI=1S/C12H15ClN2O2S/c13-7-9-8-18-10(14-9)5-6-15-11(16)3-1-2-4-12(15)17/h8H,1-7H2. The number of aromatic nitrogens is 1. The highest BCUT2D eigenvalue weighted by Gasteiger charge is 2.23. The minimum Gasteiger partial charge on any atom is -0.282 e. The van der Waals surface area contributed by atoms with Gasteiger partial charge in [0.15, 0.2) is 0 Å². The Hall–Kier alpha value is -0.940. The summed E-state index contributed by atoms with van der Waals surface area (Å²) in [5.41, 5.74) is 0.852. The molecule has 2 rings (SSSR count). The van der Waals surface area contributed by atoms with E-state index in [0.717, 1.165) is 23.5 Å². The number of amides is 2. The van der Waals surface area contributed by atoms with Gasteiger partial charge in [0.1, 0.15) is 0 Å². The highest BCUT2D eigenvalue weighted by molar-refractivity contribution is 7.09. The van der Waals surface area contributed by atoms with Gasteiger partial charge in [0.05, 0.1) is 16.6 Å². The zero-order valence-corrected chi connectivity index (χ0v) is 11.6. The van der Waals surface area contributed by atoms with Gasteiger partial charge in [-0.3, -0.25) is 14.5 Å². The van der Waals surface area contributed by atoms with Crippen molar-refractivity contribution in [3.8, 4) is 0 Å². The summed E-state index contributed by atoms with van der Waals surface area (Å²) in [5, 5.41) is 2.84. The van der Waals surface area contributed by atoms with Gasteiger partial charge in [-0.2, -0.15) is 0 Å². The second-order valence-corrected chi connectivity index (χ2v) is 5.47. The van der Waals surface area contributed by atoms with Crippen LogP contribution in [0.5, 0.6) is 0 Å². The van der Waals surface area contributed by atoms with Crippen molar-refractivity contribution in [2.24, 2.45) is 0 Å². The smallest absolute Gasteiger partial charge is 0.229 e. The quantitative estimate of drug-likeness (QED) is 0.631. The largest absolute Gasteiger partial charge is 0.282 e. The third kappa shape index (κ3) is 3.29. The van der Waals surface area contributed by atoms with Gasteiger partial charge in [0, 0.05) is 31.2 Å². The monoisotopic (exact) mass is 286 g/mol. The van der Waals surface area contributed by atoms with Crippen LogP contribution in [0.3, 0.4) is 0 Å². The molecular weight excluding hydrogens is 272 g/mol. The van der Waals surface area contributed by atoms with Gasteiger partial charge < -0.3 is 0 Å². The highest BCUT2D eigenvalue weighted by atomic mass is 35.5. The molecular formula is C12H15ClN2O2S. The lowest BCUT2D eigenvalue weighted by Gasteiger charge is -2.17. The molecule has 1 saturated heterocycles. The average molecular weight is 287 g/mol. The van der Waals surface area contributed by atoms with Crippen LogP contribution in [0.25, 0.3) is 0 Å². The Morgan fingerprint density at radius 3 is 2.50 bits per heavy atom. The second kappa shape index (κ2) is 6.29. The van der Waals surface area contributed by atoms with Gasteiger partial charge in [0.2, 0.25) is 11.8 Å². The van der Waals surface area contributed by atoms with E-state index >= 15 is 0 Å². The van der Waals surface area contributed by atoms with Crippen molar-refractivity contribution in [3.05, 3.63) is 16.1 Å². The molecule has 0 radical (unpaired) electrons. The molecule has 0 bridgehead atoms. The first kappa shape index (κ1) is 13.5. The van der Waals surface area contributed by atoms with Crippen LogP contribution in [0.4, 0.5) is 0 Å². The van der Waals surface area contributed by atoms with Crippen molar-refractivity contribution in [3.63, 3.8) is 0 Å². The predicted octanol–water partition coefficient (Wildman–Crippen LogP) is 2.35. The summed E-state index contributed by atoms with van der Waals surface area (Å²) < 4.78 is 0. The van der Waals surface area contributed by atoms with Gasteiger partial charge in [0.25, 0.3) is 0 Å². The Kier molecular flexibility index (Phi) is 4.72. The third-order valence-electron chi connectivity index (χ3n) is 2.92. The number of nitrogens with zero attached hydrogens (tertiary/aromatic N) is 2. The summed E-state index contributed by atoms with van der Waals surface area (Å²) in [7, 11) is 0. The zero-order chi connectivity index (χ0) is 13.0. The van der Waals surface area contributed by atoms with Crippen LogP contribution < -0.4 is 0 Å². The summed E-state index contributed by atoms with van der Waals surface area (Å²) in [6.07, 6.45) is 3.22. The average Bonchev–Trinajstić information content (AvgIpc) is 2.76. The Morgan fingerprint density at radius 2 is 1.94 bits per heavy atom. The Morgan fingerprint density at radius 1 is 1.28 bits per heavy atom. The molecule has 0 aromatic carbocycles. The fourth-order valence-electron chi connectivity index (χ4n) is 1.94. The molecule has 1 aromatic rings. The topological polar surface area (TPSA) is 50.3 Å². The Bertz CT molecular complexity index is 429. The summed E-state index contributed by atoms with van der Waals surface area (Å²) in [6.45, 7) is 0.437. The lowest BCUT2D eigenvalue weighted by atomic mass is 10.2. The molecule has 4 nitrogen and oxygen atoms in total. The molecule has 0 N–H and O–H groups in total. The summed E-state index contributed by atoms with van der Waals surface area (Å²) in [5.74, 6) is 0.302. The van der Waals surface area contributed by atoms with E-state index in [-0.39, 0.29) is 11.8 Å². The number of alkyl halides is 1. The van der Waals surface area contributed by atoms with Gasteiger partial charge in [-0.15, -0.1) is 22.9 Å². The van der Waals surface area contributed by atoms with Crippen molar-refractivity contribution < 1.29 is 9.59 Å². The first-order valence-electron chi connectivity index (χ1n) is 6.03. The number of hydrogen-bond acceptors (Lipinski definition) is 4. The molecule has 0 aliphatic carbocycles. The molecule has 2 amide bonds. The number of carbonyl (C=O) groups excluding carboxylic acids is 2. The molecule has 1 aliphatic heterocycles. The maximum Gasteiger partial charge on any atom is 0.229 e. The van der Waals surface area contributed by atoms with Crippen LogP contribution in [0, 0.1) is 0 Å². The van der Waals surface area contributed by atoms with E-state index in [1.165, 1.54) is 16.2 Å². The third-order valence-corrected chi connectivity index (χ3v) is 4.15. The molecule has 0 unspecified atom stereocenters. The maximum absolute atomic E-state index is 11.8. The van der Waals surface area contributed by atoms with Gasteiger partial charge in [-0.05, 0) is 12.8 Å². The van der Waals surface area contributed by atoms with Crippen LogP contribution >= 0.6 is 22.9 Å². The summed E-state index contributed by atoms with van der Waals surface area (Å²) in [4.78, 5) is 29.3. The second-order valence-electron chi connectivity index (χ2n) is 4.26. The lowest BCUT2D eigenvalue weighted by molar-refractivity contribution is -0.143. The van der Waals surface area contributed by atoms with Crippen molar-refractivity contribution in [1.29, 1.82) is 0 Å². The molecule has 1 aliphatic rings. The van der Waals surface area contributed by atoms with Crippen molar-refractivity contribution in [2.45, 2.75) is 38.0 Å². The Labute approximate surface area is 115 Å². The van der Waals surface area contributed by atoms with E-state index in [4.69, 9.17) is 11.6 Å². The first-order valence-corrected chi connectivity index (χ1v) is 7.44. The number of hydrogen-bond donors (Lipinski definition) is 0. The molecule has 2 heterocycles. The van der Waals surface area contributed by atoms with E-state index in [1.54, 1.807) is 0 Å². The first-order chi connectivity index (χ1) is 8.70. The highest BCUT2D eigenvalue weighted by Crippen LogP contribution is 2.16. The van der Waals surface area contributed by atoms with Crippen LogP contribution in [-0.2, 0) is 21.9 Å². The van der Waals surface area contributed by atoms with Crippen LogP contribution in [0.2, 0.25) is 0 Å². The molecule has 0 saturated carbocycles. The van der Waals surface area contributed by atoms with E-state index in [9.17, 15) is 9.59 Å².